The van der Waals surface area contributed by atoms with Crippen molar-refractivity contribution in [1.29, 1.82) is 0 Å². The molecule has 0 saturated carbocycles. The number of hydrogen-bond donors (Lipinski definition) is 1. The van der Waals surface area contributed by atoms with Crippen LogP contribution in [0.1, 0.15) is 11.1 Å². The number of amides is 1. The van der Waals surface area contributed by atoms with Crippen LogP contribution in [-0.4, -0.2) is 26.2 Å². The first-order chi connectivity index (χ1) is 11.1. The molecule has 2 aromatic carbocycles. The number of carbonyl (C=O) groups is 1. The largest absolute Gasteiger partial charge is 0.493 e. The van der Waals surface area contributed by atoms with Crippen LogP contribution in [0.4, 0.5) is 5.69 Å². The molecule has 1 aliphatic rings. The SMILES string of the molecule is COc1cc(C)c(NC(=O)[C@@H]2Cc3ccccc3O2)cc1OC. The van der Waals surface area contributed by atoms with Crippen molar-refractivity contribution in [2.24, 2.45) is 0 Å². The number of aryl methyl sites for hydroxylation is 1. The quantitative estimate of drug-likeness (QED) is 0.943. The first-order valence-electron chi connectivity index (χ1n) is 7.40. The van der Waals surface area contributed by atoms with Crippen molar-refractivity contribution in [3.05, 3.63) is 47.5 Å². The highest BCUT2D eigenvalue weighted by molar-refractivity contribution is 5.96. The summed E-state index contributed by atoms with van der Waals surface area (Å²) in [4.78, 5) is 12.5. The number of anilines is 1. The van der Waals surface area contributed by atoms with Gasteiger partial charge in [0.2, 0.25) is 0 Å². The summed E-state index contributed by atoms with van der Waals surface area (Å²) in [6.07, 6.45) is 0.0637. The molecule has 3 rings (SSSR count). The number of ether oxygens (including phenoxy) is 3. The molecule has 120 valence electrons. The zero-order chi connectivity index (χ0) is 16.4. The van der Waals surface area contributed by atoms with Crippen LogP contribution in [0.15, 0.2) is 36.4 Å². The molecule has 0 saturated heterocycles. The monoisotopic (exact) mass is 313 g/mol. The second kappa shape index (κ2) is 6.20. The highest BCUT2D eigenvalue weighted by atomic mass is 16.5. The van der Waals surface area contributed by atoms with E-state index in [0.29, 0.717) is 23.6 Å². The summed E-state index contributed by atoms with van der Waals surface area (Å²) in [6, 6.07) is 11.3. The Morgan fingerprint density at radius 1 is 1.17 bits per heavy atom. The fourth-order valence-corrected chi connectivity index (χ4v) is 2.66. The van der Waals surface area contributed by atoms with Crippen molar-refractivity contribution in [3.8, 4) is 17.2 Å². The molecule has 0 bridgehead atoms. The number of methoxy groups -OCH3 is 2. The molecule has 5 heteroatoms. The second-order valence-corrected chi connectivity index (χ2v) is 5.43. The molecule has 0 aromatic heterocycles. The number of para-hydroxylation sites is 1. The molecule has 0 spiro atoms. The maximum atomic E-state index is 12.5. The Morgan fingerprint density at radius 2 is 1.87 bits per heavy atom. The standard InChI is InChI=1S/C18H19NO4/c1-11-8-15(21-2)16(22-3)10-13(11)19-18(20)17-9-12-6-4-5-7-14(12)23-17/h4-8,10,17H,9H2,1-3H3,(H,19,20)/t17-/m0/s1. The van der Waals surface area contributed by atoms with Gasteiger partial charge in [-0.3, -0.25) is 4.79 Å². The third-order valence-electron chi connectivity index (χ3n) is 3.93. The summed E-state index contributed by atoms with van der Waals surface area (Å²) >= 11 is 0. The molecule has 2 aromatic rings. The minimum Gasteiger partial charge on any atom is -0.493 e. The Morgan fingerprint density at radius 3 is 2.57 bits per heavy atom. The fourth-order valence-electron chi connectivity index (χ4n) is 2.66. The van der Waals surface area contributed by atoms with E-state index in [0.717, 1.165) is 16.9 Å². The molecule has 1 atom stereocenters. The van der Waals surface area contributed by atoms with Crippen LogP contribution < -0.4 is 19.5 Å². The van der Waals surface area contributed by atoms with Gasteiger partial charge in [-0.2, -0.15) is 0 Å². The zero-order valence-electron chi connectivity index (χ0n) is 13.4. The van der Waals surface area contributed by atoms with E-state index in [2.05, 4.69) is 5.32 Å². The molecule has 5 nitrogen and oxygen atoms in total. The molecular formula is C18H19NO4. The van der Waals surface area contributed by atoms with E-state index in [1.807, 2.05) is 37.3 Å². The van der Waals surface area contributed by atoms with Gasteiger partial charge >= 0.3 is 0 Å². The van der Waals surface area contributed by atoms with Crippen LogP contribution in [0.25, 0.3) is 0 Å². The average molecular weight is 313 g/mol. The van der Waals surface area contributed by atoms with Gasteiger partial charge in [-0.1, -0.05) is 18.2 Å². The molecule has 23 heavy (non-hydrogen) atoms. The summed E-state index contributed by atoms with van der Waals surface area (Å²) in [5.74, 6) is 1.81. The van der Waals surface area contributed by atoms with Crippen molar-refractivity contribution >= 4 is 11.6 Å². The number of rotatable bonds is 4. The number of benzene rings is 2. The van der Waals surface area contributed by atoms with Crippen LogP contribution in [0.2, 0.25) is 0 Å². The van der Waals surface area contributed by atoms with Crippen LogP contribution in [0, 0.1) is 6.92 Å². The molecule has 0 radical (unpaired) electrons. The van der Waals surface area contributed by atoms with E-state index < -0.39 is 6.10 Å². The highest BCUT2D eigenvalue weighted by Crippen LogP contribution is 2.34. The van der Waals surface area contributed by atoms with Crippen molar-refractivity contribution in [1.82, 2.24) is 0 Å². The first-order valence-corrected chi connectivity index (χ1v) is 7.40. The smallest absolute Gasteiger partial charge is 0.265 e. The van der Waals surface area contributed by atoms with Gasteiger partial charge in [0, 0.05) is 18.2 Å². The summed E-state index contributed by atoms with van der Waals surface area (Å²) in [7, 11) is 3.15. The Labute approximate surface area is 135 Å². The predicted octanol–water partition coefficient (Wildman–Crippen LogP) is 2.95. The van der Waals surface area contributed by atoms with Crippen LogP contribution >= 0.6 is 0 Å². The van der Waals surface area contributed by atoms with Gasteiger partial charge in [0.1, 0.15) is 5.75 Å². The number of fused-ring (bicyclic) bond motifs is 1. The van der Waals surface area contributed by atoms with Crippen LogP contribution in [-0.2, 0) is 11.2 Å². The maximum absolute atomic E-state index is 12.5. The molecule has 1 N–H and O–H groups in total. The third kappa shape index (κ3) is 2.95. The number of nitrogens with one attached hydrogen (secondary N) is 1. The Hall–Kier alpha value is -2.69. The third-order valence-corrected chi connectivity index (χ3v) is 3.93. The number of hydrogen-bond acceptors (Lipinski definition) is 4. The zero-order valence-corrected chi connectivity index (χ0v) is 13.4. The molecule has 0 fully saturated rings. The van der Waals surface area contributed by atoms with Gasteiger partial charge in [-0.05, 0) is 30.2 Å². The van der Waals surface area contributed by atoms with Gasteiger partial charge in [-0.25, -0.2) is 0 Å². The number of carbonyl (C=O) groups excluding carboxylic acids is 1. The molecule has 1 aliphatic heterocycles. The molecule has 1 amide bonds. The predicted molar refractivity (Wildman–Crippen MR) is 87.5 cm³/mol. The lowest BCUT2D eigenvalue weighted by Gasteiger charge is -2.15. The van der Waals surface area contributed by atoms with Gasteiger partial charge in [-0.15, -0.1) is 0 Å². The second-order valence-electron chi connectivity index (χ2n) is 5.43. The molecular weight excluding hydrogens is 294 g/mol. The summed E-state index contributed by atoms with van der Waals surface area (Å²) in [5.41, 5.74) is 2.63. The van der Waals surface area contributed by atoms with E-state index in [1.165, 1.54) is 0 Å². The van der Waals surface area contributed by atoms with E-state index in [4.69, 9.17) is 14.2 Å². The van der Waals surface area contributed by atoms with Gasteiger partial charge in [0.25, 0.3) is 5.91 Å². The fraction of sp³-hybridized carbons (Fsp3) is 0.278. The summed E-state index contributed by atoms with van der Waals surface area (Å²) < 4.78 is 16.3. The Balaban J connectivity index is 1.76. The van der Waals surface area contributed by atoms with Gasteiger partial charge < -0.3 is 19.5 Å². The van der Waals surface area contributed by atoms with E-state index in [-0.39, 0.29) is 5.91 Å². The lowest BCUT2D eigenvalue weighted by atomic mass is 10.1. The lowest BCUT2D eigenvalue weighted by Crippen LogP contribution is -2.31. The first kappa shape index (κ1) is 15.2. The molecule has 0 aliphatic carbocycles. The Bertz CT molecular complexity index is 717. The van der Waals surface area contributed by atoms with Crippen molar-refractivity contribution in [2.75, 3.05) is 19.5 Å². The Kier molecular flexibility index (Phi) is 4.10. The van der Waals surface area contributed by atoms with Gasteiger partial charge in [0.15, 0.2) is 17.6 Å². The molecule has 1 heterocycles. The molecule has 0 unspecified atom stereocenters. The van der Waals surface area contributed by atoms with Crippen molar-refractivity contribution in [3.63, 3.8) is 0 Å². The van der Waals surface area contributed by atoms with E-state index in [9.17, 15) is 4.79 Å². The highest BCUT2D eigenvalue weighted by Gasteiger charge is 2.29. The summed E-state index contributed by atoms with van der Waals surface area (Å²) in [5, 5.41) is 2.91. The topological polar surface area (TPSA) is 56.8 Å². The van der Waals surface area contributed by atoms with Crippen LogP contribution in [0.3, 0.4) is 0 Å². The van der Waals surface area contributed by atoms with E-state index in [1.54, 1.807) is 20.3 Å². The normalized spacial score (nSPS) is 15.5. The lowest BCUT2D eigenvalue weighted by molar-refractivity contribution is -0.122. The minimum absolute atomic E-state index is 0.170. The average Bonchev–Trinajstić information content (AvgIpc) is 3.00. The van der Waals surface area contributed by atoms with Crippen molar-refractivity contribution < 1.29 is 19.0 Å². The van der Waals surface area contributed by atoms with Crippen LogP contribution in [0.5, 0.6) is 17.2 Å². The van der Waals surface area contributed by atoms with Gasteiger partial charge in [0.05, 0.1) is 14.2 Å². The minimum atomic E-state index is -0.514. The van der Waals surface area contributed by atoms with Crippen molar-refractivity contribution in [2.45, 2.75) is 19.4 Å². The summed E-state index contributed by atoms with van der Waals surface area (Å²) in [6.45, 7) is 1.90. The maximum Gasteiger partial charge on any atom is 0.265 e. The van der Waals surface area contributed by atoms with E-state index >= 15 is 0 Å².